The van der Waals surface area contributed by atoms with E-state index in [2.05, 4.69) is 0 Å². The molecular formula is C21H28O5. The van der Waals surface area contributed by atoms with Gasteiger partial charge in [-0.3, -0.25) is 4.79 Å². The number of Topliss-reactive ketones (excluding diaryl/α,β-unsaturated/α-hetero) is 1. The van der Waals surface area contributed by atoms with Crippen LogP contribution in [0.1, 0.15) is 74.7 Å². The van der Waals surface area contributed by atoms with E-state index in [-0.39, 0.29) is 17.6 Å². The van der Waals surface area contributed by atoms with Crippen molar-refractivity contribution in [1.82, 2.24) is 0 Å². The number of furan rings is 1. The minimum Gasteiger partial charge on any atom is -0.461 e. The second-order valence-corrected chi connectivity index (χ2v) is 8.04. The molecule has 1 N–H and O–H groups in total. The molecule has 1 heterocycles. The summed E-state index contributed by atoms with van der Waals surface area (Å²) in [5.74, 6) is -0.651. The number of ketones is 1. The van der Waals surface area contributed by atoms with E-state index in [9.17, 15) is 14.7 Å². The van der Waals surface area contributed by atoms with Crippen molar-refractivity contribution in [1.29, 1.82) is 0 Å². The van der Waals surface area contributed by atoms with Gasteiger partial charge in [0.15, 0.2) is 5.76 Å². The van der Waals surface area contributed by atoms with Crippen molar-refractivity contribution in [3.05, 3.63) is 34.8 Å². The molecule has 0 radical (unpaired) electrons. The van der Waals surface area contributed by atoms with Crippen LogP contribution in [0.2, 0.25) is 0 Å². The van der Waals surface area contributed by atoms with Gasteiger partial charge in [-0.25, -0.2) is 4.79 Å². The van der Waals surface area contributed by atoms with Crippen LogP contribution in [0.25, 0.3) is 0 Å². The first-order chi connectivity index (χ1) is 12.2. The third-order valence-electron chi connectivity index (χ3n) is 6.61. The van der Waals surface area contributed by atoms with Crippen molar-refractivity contribution >= 4 is 11.8 Å². The second kappa shape index (κ2) is 6.69. The monoisotopic (exact) mass is 360 g/mol. The molecule has 5 atom stereocenters. The van der Waals surface area contributed by atoms with Gasteiger partial charge in [-0.2, -0.15) is 0 Å². The number of rotatable bonds is 3. The fourth-order valence-electron chi connectivity index (χ4n) is 4.54. The lowest BCUT2D eigenvalue weighted by Crippen LogP contribution is -2.54. The van der Waals surface area contributed by atoms with Gasteiger partial charge in [-0.1, -0.05) is 26.3 Å². The highest BCUT2D eigenvalue weighted by molar-refractivity contribution is 5.99. The Morgan fingerprint density at radius 1 is 1.46 bits per heavy atom. The third-order valence-corrected chi connectivity index (χ3v) is 6.61. The number of ether oxygens (including phenoxy) is 1. The van der Waals surface area contributed by atoms with E-state index in [4.69, 9.17) is 9.15 Å². The number of hydrogen-bond donors (Lipinski definition) is 1. The smallest absolute Gasteiger partial charge is 0.331 e. The number of aliphatic hydroxyl groups is 1. The molecule has 26 heavy (non-hydrogen) atoms. The number of hydrogen-bond acceptors (Lipinski definition) is 5. The molecule has 142 valence electrons. The summed E-state index contributed by atoms with van der Waals surface area (Å²) < 4.78 is 11.5. The lowest BCUT2D eigenvalue weighted by molar-refractivity contribution is -0.167. The lowest BCUT2D eigenvalue weighted by Gasteiger charge is -2.53. The summed E-state index contributed by atoms with van der Waals surface area (Å²) in [7, 11) is 0. The fraction of sp³-hybridized carbons (Fsp3) is 0.619. The first-order valence-corrected chi connectivity index (χ1v) is 9.39. The largest absolute Gasteiger partial charge is 0.461 e. The van der Waals surface area contributed by atoms with Gasteiger partial charge in [0, 0.05) is 23.0 Å². The zero-order valence-corrected chi connectivity index (χ0v) is 16.2. The fourth-order valence-corrected chi connectivity index (χ4v) is 4.54. The standard InChI is InChI=1S/C21H28O5/c1-6-11(2)9-16(23)26-20-17-12(3)10-25-19(17)18(24)14-7-8-15(22)13(4)21(14,20)5/h9-10,13-15,20,22H,6-8H2,1-5H3/b11-9+/t13-,14-,15+,20+,21+/m0/s1. The number of allylic oxidation sites excluding steroid dienone is 1. The van der Waals surface area contributed by atoms with Gasteiger partial charge in [0.05, 0.1) is 12.4 Å². The quantitative estimate of drug-likeness (QED) is 0.647. The van der Waals surface area contributed by atoms with Gasteiger partial charge in [0.2, 0.25) is 5.78 Å². The third kappa shape index (κ3) is 2.73. The Hall–Kier alpha value is -1.88. The minimum atomic E-state index is -0.667. The van der Waals surface area contributed by atoms with Crippen LogP contribution in [0.15, 0.2) is 22.3 Å². The van der Waals surface area contributed by atoms with E-state index in [1.165, 1.54) is 6.08 Å². The van der Waals surface area contributed by atoms with Crippen molar-refractivity contribution in [3.63, 3.8) is 0 Å². The molecule has 1 aromatic rings. The van der Waals surface area contributed by atoms with Crippen LogP contribution in [0, 0.1) is 24.2 Å². The Morgan fingerprint density at radius 3 is 2.81 bits per heavy atom. The first-order valence-electron chi connectivity index (χ1n) is 9.39. The lowest BCUT2D eigenvalue weighted by atomic mass is 9.53. The van der Waals surface area contributed by atoms with Crippen LogP contribution in [-0.4, -0.2) is 23.0 Å². The first kappa shape index (κ1) is 18.9. The second-order valence-electron chi connectivity index (χ2n) is 8.04. The number of aliphatic hydroxyl groups excluding tert-OH is 1. The molecular weight excluding hydrogens is 332 g/mol. The van der Waals surface area contributed by atoms with Gasteiger partial charge in [0.1, 0.15) is 6.10 Å². The van der Waals surface area contributed by atoms with Crippen LogP contribution in [0.4, 0.5) is 0 Å². The normalized spacial score (nSPS) is 34.2. The SMILES string of the molecule is CC/C(C)=C/C(=O)O[C@@H]1c2c(C)coc2C(=O)[C@@H]2CC[C@@H](O)[C@H](C)[C@@]12C. The Labute approximate surface area is 154 Å². The van der Waals surface area contributed by atoms with Crippen LogP contribution in [-0.2, 0) is 9.53 Å². The zero-order valence-electron chi connectivity index (χ0n) is 16.2. The number of aryl methyl sites for hydroxylation is 1. The van der Waals surface area contributed by atoms with Gasteiger partial charge in [-0.15, -0.1) is 0 Å². The Kier molecular flexibility index (Phi) is 4.86. The molecule has 1 saturated carbocycles. The molecule has 5 heteroatoms. The van der Waals surface area contributed by atoms with Crippen LogP contribution < -0.4 is 0 Å². The molecule has 5 nitrogen and oxygen atoms in total. The summed E-state index contributed by atoms with van der Waals surface area (Å²) in [5.41, 5.74) is 1.73. The Bertz CT molecular complexity index is 758. The molecule has 0 bridgehead atoms. The molecule has 3 rings (SSSR count). The number of carbonyl (C=O) groups excluding carboxylic acids is 2. The topological polar surface area (TPSA) is 76.7 Å². The highest BCUT2D eigenvalue weighted by atomic mass is 16.5. The van der Waals surface area contributed by atoms with Gasteiger partial charge in [0.25, 0.3) is 0 Å². The van der Waals surface area contributed by atoms with Crippen molar-refractivity contribution in [3.8, 4) is 0 Å². The van der Waals surface area contributed by atoms with E-state index in [0.29, 0.717) is 24.2 Å². The van der Waals surface area contributed by atoms with Gasteiger partial charge >= 0.3 is 5.97 Å². The van der Waals surface area contributed by atoms with Crippen LogP contribution >= 0.6 is 0 Å². The molecule has 0 saturated heterocycles. The van der Waals surface area contributed by atoms with Gasteiger partial charge in [-0.05, 0) is 44.6 Å². The maximum atomic E-state index is 13.0. The van der Waals surface area contributed by atoms with E-state index in [1.54, 1.807) is 6.26 Å². The molecule has 0 unspecified atom stereocenters. The van der Waals surface area contributed by atoms with Crippen molar-refractivity contribution in [2.75, 3.05) is 0 Å². The highest BCUT2D eigenvalue weighted by Gasteiger charge is 2.60. The number of fused-ring (bicyclic) bond motifs is 2. The predicted octanol–water partition coefficient (Wildman–Crippen LogP) is 4.14. The molecule has 0 aromatic carbocycles. The van der Waals surface area contributed by atoms with Gasteiger partial charge < -0.3 is 14.3 Å². The van der Waals surface area contributed by atoms with Crippen molar-refractivity contribution < 1.29 is 23.8 Å². The number of esters is 1. The van der Waals surface area contributed by atoms with E-state index in [1.807, 2.05) is 34.6 Å². The van der Waals surface area contributed by atoms with Crippen LogP contribution in [0.3, 0.4) is 0 Å². The summed E-state index contributed by atoms with van der Waals surface area (Å²) in [5, 5.41) is 10.5. The minimum absolute atomic E-state index is 0.0399. The van der Waals surface area contributed by atoms with Crippen LogP contribution in [0.5, 0.6) is 0 Å². The van der Waals surface area contributed by atoms with E-state index in [0.717, 1.165) is 17.6 Å². The molecule has 0 amide bonds. The summed E-state index contributed by atoms with van der Waals surface area (Å²) in [4.78, 5) is 25.6. The Balaban J connectivity index is 2.10. The molecule has 0 aliphatic heterocycles. The maximum absolute atomic E-state index is 13.0. The Morgan fingerprint density at radius 2 is 2.15 bits per heavy atom. The molecule has 2 aliphatic carbocycles. The summed E-state index contributed by atoms with van der Waals surface area (Å²) in [6.07, 6.45) is 3.83. The maximum Gasteiger partial charge on any atom is 0.331 e. The summed E-state index contributed by atoms with van der Waals surface area (Å²) >= 11 is 0. The average molecular weight is 360 g/mol. The highest BCUT2D eigenvalue weighted by Crippen LogP contribution is 2.59. The zero-order chi connectivity index (χ0) is 19.2. The summed E-state index contributed by atoms with van der Waals surface area (Å²) in [6, 6.07) is 0. The molecule has 1 aromatic heterocycles. The molecule has 2 aliphatic rings. The summed E-state index contributed by atoms with van der Waals surface area (Å²) in [6.45, 7) is 9.63. The average Bonchev–Trinajstić information content (AvgIpc) is 2.98. The van der Waals surface area contributed by atoms with Crippen molar-refractivity contribution in [2.24, 2.45) is 17.3 Å². The van der Waals surface area contributed by atoms with Crippen molar-refractivity contribution in [2.45, 2.75) is 66.1 Å². The molecule has 0 spiro atoms. The van der Waals surface area contributed by atoms with E-state index >= 15 is 0 Å². The van der Waals surface area contributed by atoms with E-state index < -0.39 is 23.6 Å². The number of carbonyl (C=O) groups is 2. The molecule has 1 fully saturated rings. The predicted molar refractivity (Wildman–Crippen MR) is 96.7 cm³/mol.